The van der Waals surface area contributed by atoms with Crippen LogP contribution in [0.5, 0.6) is 0 Å². The van der Waals surface area contributed by atoms with Gasteiger partial charge in [-0.1, -0.05) is 12.1 Å². The minimum Gasteiger partial charge on any atom is -0.480 e. The Labute approximate surface area is 116 Å². The van der Waals surface area contributed by atoms with E-state index in [1.807, 2.05) is 6.07 Å². The molecule has 0 aliphatic carbocycles. The molecular formula is C14H14N2O4. The average Bonchev–Trinajstić information content (AvgIpc) is 2.42. The number of nitrogens with zero attached hydrogens (tertiary/aromatic N) is 1. The van der Waals surface area contributed by atoms with E-state index < -0.39 is 24.0 Å². The maximum absolute atomic E-state index is 11.6. The van der Waals surface area contributed by atoms with Crippen molar-refractivity contribution in [3.8, 4) is 6.07 Å². The molecule has 0 aliphatic heterocycles. The Morgan fingerprint density at radius 2 is 2.15 bits per heavy atom. The van der Waals surface area contributed by atoms with E-state index in [4.69, 9.17) is 10.4 Å². The molecule has 0 unspecified atom stereocenters. The van der Waals surface area contributed by atoms with Crippen LogP contribution < -0.4 is 5.32 Å². The molecule has 2 atom stereocenters. The van der Waals surface area contributed by atoms with Crippen LogP contribution in [0.4, 0.5) is 0 Å². The van der Waals surface area contributed by atoms with Crippen molar-refractivity contribution in [1.29, 1.82) is 5.26 Å². The molecule has 1 amide bonds. The molecule has 20 heavy (non-hydrogen) atoms. The quantitative estimate of drug-likeness (QED) is 0.678. The van der Waals surface area contributed by atoms with Crippen LogP contribution in [0.2, 0.25) is 0 Å². The van der Waals surface area contributed by atoms with E-state index in [-0.39, 0.29) is 0 Å². The Kier molecular flexibility index (Phi) is 5.44. The first kappa shape index (κ1) is 15.4. The van der Waals surface area contributed by atoms with Gasteiger partial charge in [0.05, 0.1) is 17.7 Å². The van der Waals surface area contributed by atoms with Gasteiger partial charge in [0, 0.05) is 6.08 Å². The van der Waals surface area contributed by atoms with Gasteiger partial charge >= 0.3 is 5.97 Å². The van der Waals surface area contributed by atoms with Gasteiger partial charge in [-0.15, -0.1) is 0 Å². The maximum atomic E-state index is 11.6. The molecule has 3 N–H and O–H groups in total. The van der Waals surface area contributed by atoms with Gasteiger partial charge < -0.3 is 15.5 Å². The molecule has 0 bridgehead atoms. The predicted molar refractivity (Wildman–Crippen MR) is 71.4 cm³/mol. The van der Waals surface area contributed by atoms with Crippen molar-refractivity contribution < 1.29 is 19.8 Å². The van der Waals surface area contributed by atoms with Gasteiger partial charge in [-0.2, -0.15) is 5.26 Å². The molecule has 0 fully saturated rings. The van der Waals surface area contributed by atoms with Gasteiger partial charge in [-0.3, -0.25) is 4.79 Å². The van der Waals surface area contributed by atoms with Crippen LogP contribution in [0.1, 0.15) is 18.1 Å². The van der Waals surface area contributed by atoms with Crippen LogP contribution in [0.3, 0.4) is 0 Å². The van der Waals surface area contributed by atoms with E-state index in [0.29, 0.717) is 11.1 Å². The number of hydrogen-bond acceptors (Lipinski definition) is 4. The smallest absolute Gasteiger partial charge is 0.328 e. The lowest BCUT2D eigenvalue weighted by Gasteiger charge is -2.15. The molecule has 6 nitrogen and oxygen atoms in total. The number of nitrogens with one attached hydrogen (secondary N) is 1. The summed E-state index contributed by atoms with van der Waals surface area (Å²) in [6.45, 7) is 1.28. The fourth-order valence-electron chi connectivity index (χ4n) is 1.47. The van der Waals surface area contributed by atoms with E-state index in [9.17, 15) is 14.7 Å². The number of hydrogen-bond donors (Lipinski definition) is 3. The highest BCUT2D eigenvalue weighted by Crippen LogP contribution is 2.06. The molecule has 0 saturated carbocycles. The van der Waals surface area contributed by atoms with Crippen molar-refractivity contribution >= 4 is 18.0 Å². The van der Waals surface area contributed by atoms with Crippen LogP contribution in [0, 0.1) is 11.3 Å². The Bertz CT molecular complexity index is 573. The second-order valence-corrected chi connectivity index (χ2v) is 4.14. The zero-order valence-corrected chi connectivity index (χ0v) is 10.8. The third kappa shape index (κ3) is 4.55. The summed E-state index contributed by atoms with van der Waals surface area (Å²) in [6, 6.07) is 7.20. The van der Waals surface area contributed by atoms with Crippen LogP contribution in [-0.4, -0.2) is 34.2 Å². The van der Waals surface area contributed by atoms with E-state index in [2.05, 4.69) is 5.32 Å². The normalized spacial score (nSPS) is 13.4. The van der Waals surface area contributed by atoms with Crippen molar-refractivity contribution in [2.75, 3.05) is 0 Å². The molecule has 0 spiro atoms. The van der Waals surface area contributed by atoms with Crippen molar-refractivity contribution in [3.63, 3.8) is 0 Å². The lowest BCUT2D eigenvalue weighted by molar-refractivity contribution is -0.144. The van der Waals surface area contributed by atoms with Gasteiger partial charge in [-0.25, -0.2) is 4.79 Å². The first-order valence-corrected chi connectivity index (χ1v) is 5.83. The van der Waals surface area contributed by atoms with Crippen LogP contribution >= 0.6 is 0 Å². The fraction of sp³-hybridized carbons (Fsp3) is 0.214. The van der Waals surface area contributed by atoms with Gasteiger partial charge in [-0.05, 0) is 30.7 Å². The van der Waals surface area contributed by atoms with Gasteiger partial charge in [0.2, 0.25) is 5.91 Å². The van der Waals surface area contributed by atoms with E-state index in [1.54, 1.807) is 24.3 Å². The number of rotatable bonds is 5. The summed E-state index contributed by atoms with van der Waals surface area (Å²) >= 11 is 0. The first-order valence-electron chi connectivity index (χ1n) is 5.83. The number of benzene rings is 1. The number of amides is 1. The molecule has 1 rings (SSSR count). The number of aliphatic carboxylic acids is 1. The Morgan fingerprint density at radius 1 is 1.45 bits per heavy atom. The molecule has 0 aliphatic rings. The molecule has 1 aromatic carbocycles. The third-order valence-electron chi connectivity index (χ3n) is 2.49. The third-order valence-corrected chi connectivity index (χ3v) is 2.49. The molecule has 104 valence electrons. The second-order valence-electron chi connectivity index (χ2n) is 4.14. The molecular weight excluding hydrogens is 260 g/mol. The minimum atomic E-state index is -1.36. The lowest BCUT2D eigenvalue weighted by atomic mass is 10.1. The summed E-state index contributed by atoms with van der Waals surface area (Å²) in [4.78, 5) is 22.4. The van der Waals surface area contributed by atoms with Gasteiger partial charge in [0.1, 0.15) is 0 Å². The van der Waals surface area contributed by atoms with Gasteiger partial charge in [0.25, 0.3) is 0 Å². The SMILES string of the molecule is C[C@@H](O)[C@H](NC(=O)/C=C/c1cccc(C#N)c1)C(=O)O. The number of carboxylic acids is 1. The van der Waals surface area contributed by atoms with E-state index in [1.165, 1.54) is 13.0 Å². The number of nitriles is 1. The zero-order chi connectivity index (χ0) is 15.1. The largest absolute Gasteiger partial charge is 0.480 e. The fourth-order valence-corrected chi connectivity index (χ4v) is 1.47. The molecule has 0 heterocycles. The number of carboxylic acid groups (broad SMARTS) is 1. The summed E-state index contributed by atoms with van der Waals surface area (Å²) in [6.07, 6.45) is 1.40. The summed E-state index contributed by atoms with van der Waals surface area (Å²) in [7, 11) is 0. The highest BCUT2D eigenvalue weighted by molar-refractivity contribution is 5.94. The van der Waals surface area contributed by atoms with Crippen molar-refractivity contribution in [3.05, 3.63) is 41.5 Å². The van der Waals surface area contributed by atoms with Crippen LogP contribution in [0.15, 0.2) is 30.3 Å². The topological polar surface area (TPSA) is 110 Å². The number of aliphatic hydroxyl groups excluding tert-OH is 1. The van der Waals surface area contributed by atoms with Crippen LogP contribution in [0.25, 0.3) is 6.08 Å². The minimum absolute atomic E-state index is 0.458. The first-order chi connectivity index (χ1) is 9.43. The summed E-state index contributed by atoms with van der Waals surface area (Å²) in [5, 5.41) is 28.9. The highest BCUT2D eigenvalue weighted by Gasteiger charge is 2.23. The van der Waals surface area contributed by atoms with Crippen molar-refractivity contribution in [1.82, 2.24) is 5.32 Å². The number of aliphatic hydroxyl groups is 1. The predicted octanol–water partition coefficient (Wildman–Crippen LogP) is 0.522. The molecule has 1 aromatic rings. The number of carbonyl (C=O) groups excluding carboxylic acids is 1. The summed E-state index contributed by atoms with van der Waals surface area (Å²) in [5.41, 5.74) is 1.10. The molecule has 0 radical (unpaired) electrons. The van der Waals surface area contributed by atoms with E-state index in [0.717, 1.165) is 6.08 Å². The molecule has 6 heteroatoms. The highest BCUT2D eigenvalue weighted by atomic mass is 16.4. The van der Waals surface area contributed by atoms with Crippen molar-refractivity contribution in [2.45, 2.75) is 19.1 Å². The monoisotopic (exact) mass is 274 g/mol. The van der Waals surface area contributed by atoms with Crippen molar-refractivity contribution in [2.24, 2.45) is 0 Å². The Balaban J connectivity index is 2.72. The second kappa shape index (κ2) is 7.07. The van der Waals surface area contributed by atoms with Gasteiger partial charge in [0.15, 0.2) is 6.04 Å². The molecule has 0 aromatic heterocycles. The zero-order valence-electron chi connectivity index (χ0n) is 10.8. The Morgan fingerprint density at radius 3 is 2.70 bits per heavy atom. The lowest BCUT2D eigenvalue weighted by Crippen LogP contribution is -2.47. The standard InChI is InChI=1S/C14H14N2O4/c1-9(17)13(14(19)20)16-12(18)6-5-10-3-2-4-11(7-10)8-15/h2-7,9,13,17H,1H3,(H,16,18)(H,19,20)/b6-5+/t9-,13+/m1/s1. The average molecular weight is 274 g/mol. The molecule has 0 saturated heterocycles. The maximum Gasteiger partial charge on any atom is 0.328 e. The Hall–Kier alpha value is -2.65. The summed E-state index contributed by atoms with van der Waals surface area (Å²) in [5.74, 6) is -1.95. The summed E-state index contributed by atoms with van der Waals surface area (Å²) < 4.78 is 0. The van der Waals surface area contributed by atoms with E-state index >= 15 is 0 Å². The van der Waals surface area contributed by atoms with Crippen LogP contribution in [-0.2, 0) is 9.59 Å². The number of carbonyl (C=O) groups is 2.